The summed E-state index contributed by atoms with van der Waals surface area (Å²) in [5.74, 6) is 2.90. The van der Waals surface area contributed by atoms with Crippen molar-refractivity contribution in [3.63, 3.8) is 0 Å². The molecule has 1 fully saturated rings. The van der Waals surface area contributed by atoms with Crippen molar-refractivity contribution in [2.45, 2.75) is 90.8 Å². The van der Waals surface area contributed by atoms with Gasteiger partial charge in [0.15, 0.2) is 0 Å². The number of hydrogen-bond acceptors (Lipinski definition) is 3. The van der Waals surface area contributed by atoms with Gasteiger partial charge in [-0.3, -0.25) is 4.79 Å². The van der Waals surface area contributed by atoms with Crippen LogP contribution < -0.4 is 0 Å². The van der Waals surface area contributed by atoms with Crippen LogP contribution >= 0.6 is 0 Å². The number of rotatable bonds is 10. The third-order valence-electron chi connectivity index (χ3n) is 7.27. The number of ether oxygens (including phenoxy) is 1. The van der Waals surface area contributed by atoms with E-state index in [4.69, 9.17) is 4.74 Å². The molecule has 0 saturated heterocycles. The van der Waals surface area contributed by atoms with Crippen molar-refractivity contribution in [1.82, 2.24) is 0 Å². The number of aliphatic hydroxyl groups excluding tert-OH is 1. The molecule has 0 aromatic heterocycles. The first kappa shape index (κ1) is 22.3. The van der Waals surface area contributed by atoms with Gasteiger partial charge in [-0.1, -0.05) is 49.6 Å². The van der Waals surface area contributed by atoms with Crippen molar-refractivity contribution in [2.24, 2.45) is 29.6 Å². The number of hydrogen-bond donors (Lipinski definition) is 1. The van der Waals surface area contributed by atoms with Crippen LogP contribution in [0.15, 0.2) is 36.0 Å². The van der Waals surface area contributed by atoms with Crippen LogP contribution in [0.25, 0.3) is 0 Å². The van der Waals surface area contributed by atoms with Gasteiger partial charge >= 0.3 is 5.97 Å². The minimum Gasteiger partial charge on any atom is -0.458 e. The average molecular weight is 401 g/mol. The molecule has 0 aromatic carbocycles. The Kier molecular flexibility index (Phi) is 8.17. The van der Waals surface area contributed by atoms with Gasteiger partial charge in [0.05, 0.1) is 12.5 Å². The van der Waals surface area contributed by atoms with Gasteiger partial charge in [0.25, 0.3) is 0 Å². The maximum Gasteiger partial charge on any atom is 0.307 e. The molecule has 3 aliphatic rings. The lowest BCUT2D eigenvalue weighted by atomic mass is 9.70. The summed E-state index contributed by atoms with van der Waals surface area (Å²) in [6, 6.07) is 0. The Morgan fingerprint density at radius 3 is 2.79 bits per heavy atom. The largest absolute Gasteiger partial charge is 0.458 e. The molecule has 5 unspecified atom stereocenters. The van der Waals surface area contributed by atoms with Crippen molar-refractivity contribution in [3.8, 4) is 0 Å². The standard InChI is InChI=1S/C26H40O3/c1-4-5-11-21(12-7-6-9-19(3)27)29-26(28)17-24-18(2)16-25-22-13-8-10-20(22)14-15-23(24)25/h5,11,14-16,19-25,27H,4,6-10,12-13,17H2,1-3H3/b11-5+/t19-,20?,21+,22?,23?,24?,25?/m1/s1. The zero-order valence-electron chi connectivity index (χ0n) is 18.6. The molecule has 162 valence electrons. The van der Waals surface area contributed by atoms with Crippen LogP contribution in [-0.4, -0.2) is 23.3 Å². The second kappa shape index (κ2) is 10.6. The minimum absolute atomic E-state index is 0.0633. The van der Waals surface area contributed by atoms with Gasteiger partial charge in [-0.25, -0.2) is 0 Å². The Morgan fingerprint density at radius 2 is 2.03 bits per heavy atom. The fourth-order valence-electron chi connectivity index (χ4n) is 5.75. The Labute approximate surface area is 177 Å². The molecule has 3 rings (SSSR count). The van der Waals surface area contributed by atoms with Gasteiger partial charge in [0.1, 0.15) is 6.10 Å². The number of carbonyl (C=O) groups is 1. The lowest BCUT2D eigenvalue weighted by molar-refractivity contribution is -0.148. The number of unbranched alkanes of at least 4 members (excludes halogenated alkanes) is 1. The number of aliphatic hydroxyl groups is 1. The third-order valence-corrected chi connectivity index (χ3v) is 7.27. The molecule has 29 heavy (non-hydrogen) atoms. The van der Waals surface area contributed by atoms with Crippen molar-refractivity contribution in [1.29, 1.82) is 0 Å². The van der Waals surface area contributed by atoms with E-state index in [9.17, 15) is 9.90 Å². The van der Waals surface area contributed by atoms with E-state index in [0.29, 0.717) is 24.2 Å². The second-order valence-corrected chi connectivity index (χ2v) is 9.52. The normalized spacial score (nSPS) is 32.7. The van der Waals surface area contributed by atoms with Gasteiger partial charge in [-0.05, 0) is 88.0 Å². The third kappa shape index (κ3) is 5.84. The van der Waals surface area contributed by atoms with E-state index < -0.39 is 0 Å². The lowest BCUT2D eigenvalue weighted by Gasteiger charge is -2.34. The molecule has 0 amide bonds. The molecule has 0 spiro atoms. The zero-order chi connectivity index (χ0) is 20.8. The highest BCUT2D eigenvalue weighted by atomic mass is 16.5. The maximum absolute atomic E-state index is 12.8. The number of carbonyl (C=O) groups excluding carboxylic acids is 1. The molecule has 0 radical (unpaired) electrons. The first-order valence-electron chi connectivity index (χ1n) is 11.9. The molecular weight excluding hydrogens is 360 g/mol. The average Bonchev–Trinajstić information content (AvgIpc) is 3.27. The predicted molar refractivity (Wildman–Crippen MR) is 118 cm³/mol. The van der Waals surface area contributed by atoms with Crippen molar-refractivity contribution in [2.75, 3.05) is 0 Å². The van der Waals surface area contributed by atoms with E-state index >= 15 is 0 Å². The molecule has 7 atom stereocenters. The summed E-state index contributed by atoms with van der Waals surface area (Å²) in [6.07, 6.45) is 20.1. The van der Waals surface area contributed by atoms with Crippen LogP contribution in [0.2, 0.25) is 0 Å². The van der Waals surface area contributed by atoms with Gasteiger partial charge in [-0.2, -0.15) is 0 Å². The molecule has 3 nitrogen and oxygen atoms in total. The predicted octanol–water partition coefficient (Wildman–Crippen LogP) is 5.99. The monoisotopic (exact) mass is 400 g/mol. The van der Waals surface area contributed by atoms with E-state index in [2.05, 4.69) is 38.2 Å². The zero-order valence-corrected chi connectivity index (χ0v) is 18.6. The van der Waals surface area contributed by atoms with Gasteiger partial charge in [0.2, 0.25) is 0 Å². The lowest BCUT2D eigenvalue weighted by Crippen LogP contribution is -2.29. The van der Waals surface area contributed by atoms with Gasteiger partial charge in [-0.15, -0.1) is 0 Å². The summed E-state index contributed by atoms with van der Waals surface area (Å²) in [6.45, 7) is 6.13. The van der Waals surface area contributed by atoms with Crippen LogP contribution in [-0.2, 0) is 9.53 Å². The van der Waals surface area contributed by atoms with Crippen LogP contribution in [0.5, 0.6) is 0 Å². The van der Waals surface area contributed by atoms with Crippen LogP contribution in [0, 0.1) is 29.6 Å². The van der Waals surface area contributed by atoms with E-state index in [0.717, 1.165) is 43.9 Å². The summed E-state index contributed by atoms with van der Waals surface area (Å²) in [5, 5.41) is 9.43. The molecule has 1 saturated carbocycles. The highest BCUT2D eigenvalue weighted by molar-refractivity contribution is 5.71. The molecule has 0 bridgehead atoms. The SMILES string of the molecule is CC/C=C/[C@@H](CCCC[C@@H](C)O)OC(=O)CC1C(C)=CC2C1C=CC1CCCC12. The van der Waals surface area contributed by atoms with E-state index in [-0.39, 0.29) is 18.2 Å². The summed E-state index contributed by atoms with van der Waals surface area (Å²) >= 11 is 0. The fraction of sp³-hybridized carbons (Fsp3) is 0.731. The van der Waals surface area contributed by atoms with Gasteiger partial charge in [0, 0.05) is 0 Å². The summed E-state index contributed by atoms with van der Waals surface area (Å²) in [7, 11) is 0. The first-order chi connectivity index (χ1) is 14.0. The maximum atomic E-state index is 12.8. The summed E-state index contributed by atoms with van der Waals surface area (Å²) in [4.78, 5) is 12.8. The molecule has 0 aliphatic heterocycles. The molecule has 3 aliphatic carbocycles. The Bertz CT molecular complexity index is 630. The first-order valence-corrected chi connectivity index (χ1v) is 11.9. The molecule has 0 aromatic rings. The van der Waals surface area contributed by atoms with E-state index in [1.54, 1.807) is 0 Å². The molecule has 0 heterocycles. The quantitative estimate of drug-likeness (QED) is 0.278. The number of allylic oxidation sites excluding steroid dienone is 5. The van der Waals surface area contributed by atoms with E-state index in [1.165, 1.54) is 24.8 Å². The topological polar surface area (TPSA) is 46.5 Å². The Morgan fingerprint density at radius 1 is 1.24 bits per heavy atom. The fourth-order valence-corrected chi connectivity index (χ4v) is 5.75. The van der Waals surface area contributed by atoms with E-state index in [1.807, 2.05) is 13.0 Å². The van der Waals surface area contributed by atoms with Crippen molar-refractivity contribution in [3.05, 3.63) is 36.0 Å². The van der Waals surface area contributed by atoms with Crippen LogP contribution in [0.1, 0.15) is 78.6 Å². The molecular formula is C26H40O3. The number of fused-ring (bicyclic) bond motifs is 3. The summed E-state index contributed by atoms with van der Waals surface area (Å²) < 4.78 is 5.90. The Hall–Kier alpha value is -1.35. The highest BCUT2D eigenvalue weighted by Gasteiger charge is 2.44. The smallest absolute Gasteiger partial charge is 0.307 e. The molecule has 1 N–H and O–H groups in total. The van der Waals surface area contributed by atoms with Crippen molar-refractivity contribution >= 4 is 5.97 Å². The number of esters is 1. The summed E-state index contributed by atoms with van der Waals surface area (Å²) in [5.41, 5.74) is 1.38. The minimum atomic E-state index is -0.254. The van der Waals surface area contributed by atoms with Crippen LogP contribution in [0.3, 0.4) is 0 Å². The Balaban J connectivity index is 1.54. The van der Waals surface area contributed by atoms with Crippen LogP contribution in [0.4, 0.5) is 0 Å². The van der Waals surface area contributed by atoms with Gasteiger partial charge < -0.3 is 9.84 Å². The second-order valence-electron chi connectivity index (χ2n) is 9.52. The highest BCUT2D eigenvalue weighted by Crippen LogP contribution is 2.52. The van der Waals surface area contributed by atoms with Crippen molar-refractivity contribution < 1.29 is 14.6 Å². The molecule has 3 heteroatoms.